The van der Waals surface area contributed by atoms with E-state index in [9.17, 15) is 4.79 Å². The van der Waals surface area contributed by atoms with Crippen LogP contribution >= 0.6 is 0 Å². The molecule has 0 bridgehead atoms. The van der Waals surface area contributed by atoms with Crippen LogP contribution in [-0.2, 0) is 11.3 Å². The SMILES string of the molecule is CCC.Cc1ccc(CNCC(=O)N2CCC(c3ccc(C)cc3)CC2)cc1. The molecule has 0 aliphatic carbocycles. The number of amides is 1. The predicted octanol–water partition coefficient (Wildman–Crippen LogP) is 5.22. The maximum absolute atomic E-state index is 12.4. The lowest BCUT2D eigenvalue weighted by Gasteiger charge is -2.32. The second-order valence-corrected chi connectivity index (χ2v) is 7.86. The largest absolute Gasteiger partial charge is 0.342 e. The normalized spacial score (nSPS) is 14.4. The first kappa shape index (κ1) is 22.2. The average Bonchev–Trinajstić information content (AvgIpc) is 2.71. The zero-order valence-corrected chi connectivity index (χ0v) is 18.0. The molecule has 3 heteroatoms. The van der Waals surface area contributed by atoms with Gasteiger partial charge in [-0.2, -0.15) is 0 Å². The Kier molecular flexibility index (Phi) is 9.22. The van der Waals surface area contributed by atoms with Crippen LogP contribution < -0.4 is 5.32 Å². The number of carbonyl (C=O) groups is 1. The first-order chi connectivity index (χ1) is 13.5. The Morgan fingerprint density at radius 3 is 1.96 bits per heavy atom. The highest BCUT2D eigenvalue weighted by molar-refractivity contribution is 5.78. The molecule has 0 unspecified atom stereocenters. The summed E-state index contributed by atoms with van der Waals surface area (Å²) in [6.45, 7) is 11.3. The molecule has 28 heavy (non-hydrogen) atoms. The highest BCUT2D eigenvalue weighted by atomic mass is 16.2. The lowest BCUT2D eigenvalue weighted by molar-refractivity contribution is -0.131. The first-order valence-electron chi connectivity index (χ1n) is 10.6. The molecular formula is C25H36N2O. The van der Waals surface area contributed by atoms with Gasteiger partial charge in [-0.05, 0) is 43.7 Å². The van der Waals surface area contributed by atoms with Gasteiger partial charge in [0.25, 0.3) is 0 Å². The monoisotopic (exact) mass is 380 g/mol. The number of nitrogens with zero attached hydrogens (tertiary/aromatic N) is 1. The topological polar surface area (TPSA) is 32.3 Å². The molecule has 2 aromatic carbocycles. The van der Waals surface area contributed by atoms with E-state index in [1.165, 1.54) is 28.7 Å². The van der Waals surface area contributed by atoms with Gasteiger partial charge in [0, 0.05) is 19.6 Å². The van der Waals surface area contributed by atoms with Crippen LogP contribution in [-0.4, -0.2) is 30.4 Å². The summed E-state index contributed by atoms with van der Waals surface area (Å²) in [5.41, 5.74) is 5.19. The van der Waals surface area contributed by atoms with Crippen molar-refractivity contribution in [1.29, 1.82) is 0 Å². The molecule has 1 N–H and O–H groups in total. The zero-order valence-electron chi connectivity index (χ0n) is 18.0. The number of rotatable bonds is 5. The molecule has 0 spiro atoms. The fourth-order valence-electron chi connectivity index (χ4n) is 3.43. The van der Waals surface area contributed by atoms with Crippen LogP contribution in [0.5, 0.6) is 0 Å². The van der Waals surface area contributed by atoms with Gasteiger partial charge in [-0.15, -0.1) is 0 Å². The Morgan fingerprint density at radius 2 is 1.43 bits per heavy atom. The van der Waals surface area contributed by atoms with Crippen LogP contribution in [0.15, 0.2) is 48.5 Å². The van der Waals surface area contributed by atoms with Crippen LogP contribution in [0.4, 0.5) is 0 Å². The Morgan fingerprint density at radius 1 is 0.929 bits per heavy atom. The van der Waals surface area contributed by atoms with Gasteiger partial charge in [-0.3, -0.25) is 4.79 Å². The van der Waals surface area contributed by atoms with E-state index in [4.69, 9.17) is 0 Å². The standard InChI is InChI=1S/C22H28N2O.C3H8/c1-17-3-7-19(8-4-17)15-23-16-22(25)24-13-11-21(12-14-24)20-9-5-18(2)6-10-20;1-3-2/h3-10,21,23H,11-16H2,1-2H3;3H2,1-2H3. The van der Waals surface area contributed by atoms with Crippen LogP contribution in [0.25, 0.3) is 0 Å². The van der Waals surface area contributed by atoms with Gasteiger partial charge in [0.1, 0.15) is 0 Å². The second-order valence-electron chi connectivity index (χ2n) is 7.86. The number of piperidine rings is 1. The molecule has 1 saturated heterocycles. The lowest BCUT2D eigenvalue weighted by Crippen LogP contribution is -2.42. The Labute approximate surface area is 171 Å². The maximum atomic E-state index is 12.4. The molecule has 152 valence electrons. The minimum atomic E-state index is 0.217. The quantitative estimate of drug-likeness (QED) is 0.772. The third kappa shape index (κ3) is 7.12. The molecule has 1 heterocycles. The van der Waals surface area contributed by atoms with Crippen LogP contribution in [0.1, 0.15) is 61.3 Å². The fraction of sp³-hybridized carbons (Fsp3) is 0.480. The minimum absolute atomic E-state index is 0.217. The van der Waals surface area contributed by atoms with Crippen molar-refractivity contribution in [2.24, 2.45) is 0 Å². The van der Waals surface area contributed by atoms with E-state index in [0.717, 1.165) is 32.5 Å². The van der Waals surface area contributed by atoms with Gasteiger partial charge in [-0.1, -0.05) is 79.9 Å². The molecule has 1 fully saturated rings. The summed E-state index contributed by atoms with van der Waals surface area (Å²) >= 11 is 0. The highest BCUT2D eigenvalue weighted by Gasteiger charge is 2.23. The lowest BCUT2D eigenvalue weighted by atomic mass is 9.89. The van der Waals surface area contributed by atoms with E-state index >= 15 is 0 Å². The molecule has 3 rings (SSSR count). The summed E-state index contributed by atoms with van der Waals surface area (Å²) < 4.78 is 0. The number of hydrogen-bond donors (Lipinski definition) is 1. The van der Waals surface area contributed by atoms with Crippen molar-refractivity contribution in [1.82, 2.24) is 10.2 Å². The third-order valence-electron chi connectivity index (χ3n) is 5.12. The summed E-state index contributed by atoms with van der Waals surface area (Å²) in [6.07, 6.45) is 3.37. The summed E-state index contributed by atoms with van der Waals surface area (Å²) in [4.78, 5) is 14.4. The number of hydrogen-bond acceptors (Lipinski definition) is 2. The van der Waals surface area contributed by atoms with Crippen LogP contribution in [0.3, 0.4) is 0 Å². The molecule has 1 aliphatic heterocycles. The Bertz CT molecular complexity index is 698. The van der Waals surface area contributed by atoms with Gasteiger partial charge in [-0.25, -0.2) is 0 Å². The molecule has 0 radical (unpaired) electrons. The molecule has 0 saturated carbocycles. The molecule has 2 aromatic rings. The summed E-state index contributed by atoms with van der Waals surface area (Å²) in [5, 5.41) is 3.28. The van der Waals surface area contributed by atoms with E-state index in [2.05, 4.69) is 81.5 Å². The number of aryl methyl sites for hydroxylation is 2. The number of benzene rings is 2. The van der Waals surface area contributed by atoms with E-state index in [1.807, 2.05) is 4.90 Å². The Balaban J connectivity index is 0.000000878. The van der Waals surface area contributed by atoms with Gasteiger partial charge >= 0.3 is 0 Å². The zero-order chi connectivity index (χ0) is 20.4. The maximum Gasteiger partial charge on any atom is 0.236 e. The summed E-state index contributed by atoms with van der Waals surface area (Å²) in [7, 11) is 0. The second kappa shape index (κ2) is 11.7. The molecule has 1 aliphatic rings. The fourth-order valence-corrected chi connectivity index (χ4v) is 3.43. The molecule has 0 atom stereocenters. The predicted molar refractivity (Wildman–Crippen MR) is 119 cm³/mol. The molecule has 3 nitrogen and oxygen atoms in total. The summed E-state index contributed by atoms with van der Waals surface area (Å²) in [6, 6.07) is 17.3. The van der Waals surface area contributed by atoms with Crippen molar-refractivity contribution in [2.45, 2.75) is 59.4 Å². The van der Waals surface area contributed by atoms with Crippen molar-refractivity contribution in [3.63, 3.8) is 0 Å². The van der Waals surface area contributed by atoms with Crippen LogP contribution in [0, 0.1) is 13.8 Å². The van der Waals surface area contributed by atoms with Crippen molar-refractivity contribution in [3.8, 4) is 0 Å². The first-order valence-corrected chi connectivity index (χ1v) is 10.6. The van der Waals surface area contributed by atoms with E-state index in [-0.39, 0.29) is 5.91 Å². The van der Waals surface area contributed by atoms with Crippen molar-refractivity contribution in [3.05, 3.63) is 70.8 Å². The average molecular weight is 381 g/mol. The summed E-state index contributed by atoms with van der Waals surface area (Å²) in [5.74, 6) is 0.805. The van der Waals surface area contributed by atoms with Gasteiger partial charge in [0.2, 0.25) is 5.91 Å². The molecule has 1 amide bonds. The van der Waals surface area contributed by atoms with Crippen molar-refractivity contribution < 1.29 is 4.79 Å². The van der Waals surface area contributed by atoms with Crippen molar-refractivity contribution >= 4 is 5.91 Å². The van der Waals surface area contributed by atoms with E-state index in [0.29, 0.717) is 12.5 Å². The number of likely N-dealkylation sites (tertiary alicyclic amines) is 1. The minimum Gasteiger partial charge on any atom is -0.342 e. The van der Waals surface area contributed by atoms with Gasteiger partial charge in [0.15, 0.2) is 0 Å². The number of nitrogens with one attached hydrogen (secondary N) is 1. The molecular weight excluding hydrogens is 344 g/mol. The van der Waals surface area contributed by atoms with Gasteiger partial charge < -0.3 is 10.2 Å². The third-order valence-corrected chi connectivity index (χ3v) is 5.12. The van der Waals surface area contributed by atoms with Crippen molar-refractivity contribution in [2.75, 3.05) is 19.6 Å². The van der Waals surface area contributed by atoms with E-state index in [1.54, 1.807) is 0 Å². The van der Waals surface area contributed by atoms with Gasteiger partial charge in [0.05, 0.1) is 6.54 Å². The smallest absolute Gasteiger partial charge is 0.236 e. The number of carbonyl (C=O) groups excluding carboxylic acids is 1. The Hall–Kier alpha value is -2.13. The van der Waals surface area contributed by atoms with Crippen LogP contribution in [0.2, 0.25) is 0 Å². The van der Waals surface area contributed by atoms with E-state index < -0.39 is 0 Å². The highest BCUT2D eigenvalue weighted by Crippen LogP contribution is 2.28. The molecule has 0 aromatic heterocycles.